The third-order valence-corrected chi connectivity index (χ3v) is 5.39. The molecule has 3 heterocycles. The first kappa shape index (κ1) is 15.7. The lowest BCUT2D eigenvalue weighted by molar-refractivity contribution is 0.169. The fraction of sp³-hybridized carbons (Fsp3) is 0.500. The highest BCUT2D eigenvalue weighted by atomic mass is 32.2. The van der Waals surface area contributed by atoms with E-state index in [1.54, 1.807) is 6.20 Å². The monoisotopic (exact) mass is 340 g/mol. The molecule has 120 valence electrons. The van der Waals surface area contributed by atoms with E-state index in [1.165, 1.54) is 16.0 Å². The van der Waals surface area contributed by atoms with Crippen LogP contribution in [0, 0.1) is 6.92 Å². The van der Waals surface area contributed by atoms with Gasteiger partial charge in [0.05, 0.1) is 18.0 Å². The van der Waals surface area contributed by atoms with Crippen LogP contribution in [0.5, 0.6) is 0 Å². The fourth-order valence-corrected chi connectivity index (χ4v) is 4.20. The second-order valence-corrected chi connectivity index (χ2v) is 8.93. The van der Waals surface area contributed by atoms with Crippen molar-refractivity contribution in [1.82, 2.24) is 19.4 Å². The van der Waals surface area contributed by atoms with E-state index in [9.17, 15) is 8.42 Å². The van der Waals surface area contributed by atoms with Crippen LogP contribution in [0.25, 0.3) is 0 Å². The predicted octanol–water partition coefficient (Wildman–Crippen LogP) is 1.36. The first-order chi connectivity index (χ1) is 10.4. The van der Waals surface area contributed by atoms with Crippen LogP contribution in [0.3, 0.4) is 0 Å². The number of aryl methyl sites for hydroxylation is 1. The van der Waals surface area contributed by atoms with E-state index in [4.69, 9.17) is 0 Å². The first-order valence-corrected chi connectivity index (χ1v) is 9.86. The lowest BCUT2D eigenvalue weighted by atomic mass is 10.2. The van der Waals surface area contributed by atoms with Crippen molar-refractivity contribution in [3.8, 4) is 0 Å². The zero-order valence-electron chi connectivity index (χ0n) is 12.7. The highest BCUT2D eigenvalue weighted by Crippen LogP contribution is 2.24. The molecule has 0 aliphatic carbocycles. The number of rotatable bonds is 5. The third-order valence-electron chi connectivity index (χ3n) is 3.71. The molecule has 1 N–H and O–H groups in total. The van der Waals surface area contributed by atoms with Crippen LogP contribution in [0.2, 0.25) is 0 Å². The Balaban J connectivity index is 1.73. The lowest BCUT2D eigenvalue weighted by Gasteiger charge is -2.33. The smallest absolute Gasteiger partial charge is 0.208 e. The summed E-state index contributed by atoms with van der Waals surface area (Å²) in [5.41, 5.74) is 1.12. The van der Waals surface area contributed by atoms with Gasteiger partial charge in [0.1, 0.15) is 0 Å². The number of fused-ring (bicyclic) bond motifs is 1. The van der Waals surface area contributed by atoms with E-state index in [2.05, 4.69) is 33.8 Å². The Labute approximate surface area is 134 Å². The summed E-state index contributed by atoms with van der Waals surface area (Å²) in [7, 11) is -3.19. The van der Waals surface area contributed by atoms with Gasteiger partial charge in [0, 0.05) is 42.1 Å². The topological polar surface area (TPSA) is 67.2 Å². The minimum atomic E-state index is -3.19. The van der Waals surface area contributed by atoms with Gasteiger partial charge in [0.2, 0.25) is 10.0 Å². The van der Waals surface area contributed by atoms with Gasteiger partial charge in [-0.25, -0.2) is 13.1 Å². The van der Waals surface area contributed by atoms with E-state index >= 15 is 0 Å². The molecule has 6 nitrogen and oxygen atoms in total. The van der Waals surface area contributed by atoms with Crippen molar-refractivity contribution in [2.75, 3.05) is 19.3 Å². The molecule has 0 aromatic carbocycles. The Hall–Kier alpha value is -1.22. The van der Waals surface area contributed by atoms with E-state index in [0.717, 1.165) is 25.3 Å². The summed E-state index contributed by atoms with van der Waals surface area (Å²) in [5.74, 6) is 0. The van der Waals surface area contributed by atoms with Gasteiger partial charge in [-0.05, 0) is 25.1 Å². The molecule has 1 atom stereocenters. The Morgan fingerprint density at radius 1 is 1.41 bits per heavy atom. The van der Waals surface area contributed by atoms with Crippen LogP contribution < -0.4 is 4.72 Å². The van der Waals surface area contributed by atoms with E-state index in [1.807, 2.05) is 22.1 Å². The predicted molar refractivity (Wildman–Crippen MR) is 87.3 cm³/mol. The Bertz CT molecular complexity index is 750. The number of hydrogen-bond acceptors (Lipinski definition) is 5. The quantitative estimate of drug-likeness (QED) is 0.892. The van der Waals surface area contributed by atoms with Crippen LogP contribution in [0.4, 0.5) is 0 Å². The maximum Gasteiger partial charge on any atom is 0.208 e. The summed E-state index contributed by atoms with van der Waals surface area (Å²) in [4.78, 5) is 4.99. The van der Waals surface area contributed by atoms with Crippen molar-refractivity contribution >= 4 is 21.4 Å². The Morgan fingerprint density at radius 2 is 2.23 bits per heavy atom. The largest absolute Gasteiger partial charge is 0.290 e. The van der Waals surface area contributed by atoms with Crippen molar-refractivity contribution < 1.29 is 8.42 Å². The maximum atomic E-state index is 11.3. The van der Waals surface area contributed by atoms with Crippen LogP contribution in [0.15, 0.2) is 24.4 Å². The third kappa shape index (κ3) is 3.75. The summed E-state index contributed by atoms with van der Waals surface area (Å²) in [5, 5.41) is 4.34. The molecule has 1 aliphatic heterocycles. The maximum absolute atomic E-state index is 11.3. The summed E-state index contributed by atoms with van der Waals surface area (Å²) in [6.45, 7) is 4.99. The molecule has 0 spiro atoms. The van der Waals surface area contributed by atoms with Gasteiger partial charge < -0.3 is 0 Å². The van der Waals surface area contributed by atoms with Crippen LogP contribution in [-0.4, -0.2) is 42.4 Å². The molecule has 1 aliphatic rings. The van der Waals surface area contributed by atoms with Gasteiger partial charge in [-0.2, -0.15) is 5.10 Å². The molecule has 0 amide bonds. The Kier molecular flexibility index (Phi) is 4.35. The number of nitrogens with one attached hydrogen (secondary N) is 1. The van der Waals surface area contributed by atoms with Crippen molar-refractivity contribution in [3.63, 3.8) is 0 Å². The zero-order valence-corrected chi connectivity index (χ0v) is 14.3. The van der Waals surface area contributed by atoms with Crippen LogP contribution >= 0.6 is 11.3 Å². The molecule has 22 heavy (non-hydrogen) atoms. The second-order valence-electron chi connectivity index (χ2n) is 5.72. The highest BCUT2D eigenvalue weighted by Gasteiger charge is 2.26. The molecular weight excluding hydrogens is 320 g/mol. The first-order valence-electron chi connectivity index (χ1n) is 7.15. The normalized spacial score (nSPS) is 19.3. The van der Waals surface area contributed by atoms with Crippen molar-refractivity contribution in [2.24, 2.45) is 0 Å². The van der Waals surface area contributed by atoms with Gasteiger partial charge in [-0.3, -0.25) is 9.58 Å². The number of thiophene rings is 1. The van der Waals surface area contributed by atoms with Crippen LogP contribution in [0.1, 0.15) is 21.5 Å². The minimum Gasteiger partial charge on any atom is -0.290 e. The number of nitrogens with zero attached hydrogens (tertiary/aromatic N) is 3. The molecular formula is C14H20N4O2S2. The van der Waals surface area contributed by atoms with Crippen molar-refractivity contribution in [3.05, 3.63) is 39.8 Å². The average molecular weight is 340 g/mol. The standard InChI is InChI=1S/C14H20N4O2S2/c1-11-3-4-14(21-11)10-17-8-12-5-6-15-18(12)13(9-17)7-16-22(2,19)20/h3-6,13,16H,7-10H2,1-2H3/t13-/m0/s1. The summed E-state index contributed by atoms with van der Waals surface area (Å²) >= 11 is 1.81. The van der Waals surface area contributed by atoms with E-state index in [-0.39, 0.29) is 6.04 Å². The Morgan fingerprint density at radius 3 is 2.91 bits per heavy atom. The van der Waals surface area contributed by atoms with Gasteiger partial charge in [-0.1, -0.05) is 0 Å². The highest BCUT2D eigenvalue weighted by molar-refractivity contribution is 7.88. The number of hydrogen-bond donors (Lipinski definition) is 1. The zero-order chi connectivity index (χ0) is 15.7. The number of aromatic nitrogens is 2. The summed E-state index contributed by atoms with van der Waals surface area (Å²) in [6, 6.07) is 6.32. The molecule has 0 fully saturated rings. The molecule has 0 unspecified atom stereocenters. The fourth-order valence-electron chi connectivity index (χ4n) is 2.77. The number of sulfonamides is 1. The van der Waals surface area contributed by atoms with E-state index in [0.29, 0.717) is 6.54 Å². The molecule has 2 aromatic heterocycles. The molecule has 0 saturated carbocycles. The van der Waals surface area contributed by atoms with Crippen molar-refractivity contribution in [1.29, 1.82) is 0 Å². The van der Waals surface area contributed by atoms with Crippen LogP contribution in [-0.2, 0) is 23.1 Å². The molecule has 2 aromatic rings. The lowest BCUT2D eigenvalue weighted by Crippen LogP contribution is -2.42. The van der Waals surface area contributed by atoms with E-state index < -0.39 is 10.0 Å². The summed E-state index contributed by atoms with van der Waals surface area (Å²) in [6.07, 6.45) is 2.97. The molecule has 8 heteroatoms. The molecule has 0 saturated heterocycles. The van der Waals surface area contributed by atoms with Gasteiger partial charge in [-0.15, -0.1) is 11.3 Å². The van der Waals surface area contributed by atoms with Crippen molar-refractivity contribution in [2.45, 2.75) is 26.1 Å². The average Bonchev–Trinajstić information content (AvgIpc) is 3.04. The molecule has 3 rings (SSSR count). The molecule has 0 bridgehead atoms. The minimum absolute atomic E-state index is 0.0227. The SMILES string of the molecule is Cc1ccc(CN2Cc3ccnn3[C@@H](CNS(C)(=O)=O)C2)s1. The van der Waals surface area contributed by atoms with Gasteiger partial charge in [0.25, 0.3) is 0 Å². The summed E-state index contributed by atoms with van der Waals surface area (Å²) < 4.78 is 27.2. The van der Waals surface area contributed by atoms with Gasteiger partial charge >= 0.3 is 0 Å². The van der Waals surface area contributed by atoms with Gasteiger partial charge in [0.15, 0.2) is 0 Å². The molecule has 0 radical (unpaired) electrons. The second kappa shape index (κ2) is 6.11.